The van der Waals surface area contributed by atoms with E-state index in [1.807, 2.05) is 17.5 Å². The van der Waals surface area contributed by atoms with Gasteiger partial charge in [0.2, 0.25) is 23.6 Å². The smallest absolute Gasteiger partial charge is 0.264 e. The second-order valence-corrected chi connectivity index (χ2v) is 8.87. The molecule has 3 aromatic heterocycles. The van der Waals surface area contributed by atoms with Gasteiger partial charge in [0.1, 0.15) is 0 Å². The van der Waals surface area contributed by atoms with E-state index in [4.69, 9.17) is 4.52 Å². The number of benzene rings is 1. The van der Waals surface area contributed by atoms with Crippen LogP contribution in [0.1, 0.15) is 12.3 Å². The van der Waals surface area contributed by atoms with Crippen molar-refractivity contribution in [3.63, 3.8) is 0 Å². The van der Waals surface area contributed by atoms with Gasteiger partial charge in [-0.3, -0.25) is 4.79 Å². The number of rotatable bonds is 8. The number of hydrogen-bond acceptors (Lipinski definition) is 9. The quantitative estimate of drug-likeness (QED) is 0.412. The van der Waals surface area contributed by atoms with Crippen molar-refractivity contribution in [3.05, 3.63) is 66.1 Å². The first kappa shape index (κ1) is 20.6. The van der Waals surface area contributed by atoms with E-state index < -0.39 is 10.0 Å². The Morgan fingerprint density at radius 3 is 2.55 bits per heavy atom. The number of sulfonamides is 1. The molecule has 1 amide bonds. The monoisotopic (exact) mass is 456 g/mol. The zero-order valence-electron chi connectivity index (χ0n) is 15.9. The fourth-order valence-corrected chi connectivity index (χ4v) is 4.16. The van der Waals surface area contributed by atoms with Gasteiger partial charge in [0.05, 0.1) is 9.77 Å². The van der Waals surface area contributed by atoms with Crippen LogP contribution in [0.25, 0.3) is 10.7 Å². The van der Waals surface area contributed by atoms with E-state index in [1.54, 1.807) is 6.07 Å². The van der Waals surface area contributed by atoms with Crippen molar-refractivity contribution in [2.45, 2.75) is 17.7 Å². The average Bonchev–Trinajstić information content (AvgIpc) is 3.45. The predicted molar refractivity (Wildman–Crippen MR) is 114 cm³/mol. The molecule has 4 rings (SSSR count). The van der Waals surface area contributed by atoms with Crippen LogP contribution in [0.4, 0.5) is 11.6 Å². The molecule has 0 atom stereocenters. The van der Waals surface area contributed by atoms with Crippen LogP contribution in [0.5, 0.6) is 0 Å². The highest BCUT2D eigenvalue weighted by atomic mass is 32.2. The van der Waals surface area contributed by atoms with E-state index >= 15 is 0 Å². The Kier molecular flexibility index (Phi) is 6.00. The molecule has 3 heterocycles. The van der Waals surface area contributed by atoms with Crippen molar-refractivity contribution in [1.82, 2.24) is 20.1 Å². The minimum Gasteiger partial charge on any atom is -0.339 e. The van der Waals surface area contributed by atoms with E-state index in [2.05, 4.69) is 30.1 Å². The minimum absolute atomic E-state index is 0.0184. The van der Waals surface area contributed by atoms with Crippen LogP contribution in [0.15, 0.2) is 69.7 Å². The molecule has 0 aliphatic heterocycles. The molecule has 0 fully saturated rings. The van der Waals surface area contributed by atoms with Crippen LogP contribution >= 0.6 is 11.3 Å². The summed E-state index contributed by atoms with van der Waals surface area (Å²) in [5.74, 6) is 0.580. The zero-order chi connectivity index (χ0) is 21.7. The highest BCUT2D eigenvalue weighted by Gasteiger charge is 2.16. The molecule has 12 heteroatoms. The van der Waals surface area contributed by atoms with E-state index in [0.717, 1.165) is 4.88 Å². The highest BCUT2D eigenvalue weighted by Crippen LogP contribution is 2.21. The third-order valence-corrected chi connectivity index (χ3v) is 6.23. The molecule has 158 valence electrons. The summed E-state index contributed by atoms with van der Waals surface area (Å²) in [5.41, 5.74) is 0.463. The zero-order valence-corrected chi connectivity index (χ0v) is 17.6. The maximum absolute atomic E-state index is 12.4. The molecule has 0 aliphatic rings. The molecule has 1 aromatic carbocycles. The summed E-state index contributed by atoms with van der Waals surface area (Å²) in [4.78, 5) is 25.0. The molecule has 0 aliphatic carbocycles. The molecule has 10 nitrogen and oxygen atoms in total. The summed E-state index contributed by atoms with van der Waals surface area (Å²) in [7, 11) is -3.84. The van der Waals surface area contributed by atoms with Gasteiger partial charge in [0, 0.05) is 30.9 Å². The van der Waals surface area contributed by atoms with Gasteiger partial charge in [0.25, 0.3) is 10.0 Å². The fraction of sp³-hybridized carbons (Fsp3) is 0.105. The lowest BCUT2D eigenvalue weighted by atomic mass is 10.2. The van der Waals surface area contributed by atoms with Crippen LogP contribution in [0, 0.1) is 0 Å². The molecule has 0 saturated heterocycles. The summed E-state index contributed by atoms with van der Waals surface area (Å²) in [6, 6.07) is 11.1. The van der Waals surface area contributed by atoms with Gasteiger partial charge in [-0.15, -0.1) is 11.3 Å². The lowest BCUT2D eigenvalue weighted by molar-refractivity contribution is -0.116. The third-order valence-electron chi connectivity index (χ3n) is 4.02. The Balaban J connectivity index is 1.32. The second kappa shape index (κ2) is 9.02. The van der Waals surface area contributed by atoms with Crippen LogP contribution in [-0.4, -0.2) is 34.4 Å². The van der Waals surface area contributed by atoms with E-state index in [1.165, 1.54) is 48.0 Å². The number of nitrogens with one attached hydrogen (secondary N) is 2. The van der Waals surface area contributed by atoms with Gasteiger partial charge < -0.3 is 9.84 Å². The first-order valence-electron chi connectivity index (χ1n) is 9.06. The molecule has 0 radical (unpaired) electrons. The number of thiophene rings is 1. The van der Waals surface area contributed by atoms with E-state index in [9.17, 15) is 13.2 Å². The second-order valence-electron chi connectivity index (χ2n) is 6.24. The highest BCUT2D eigenvalue weighted by molar-refractivity contribution is 7.92. The summed E-state index contributed by atoms with van der Waals surface area (Å²) in [6.07, 6.45) is 3.29. The number of carbonyl (C=O) groups is 1. The van der Waals surface area contributed by atoms with Gasteiger partial charge in [-0.05, 0) is 41.8 Å². The van der Waals surface area contributed by atoms with Crippen molar-refractivity contribution in [1.29, 1.82) is 0 Å². The average molecular weight is 457 g/mol. The molecular formula is C19H16N6O4S2. The Labute approximate surface area is 181 Å². The van der Waals surface area contributed by atoms with Gasteiger partial charge in [-0.25, -0.2) is 23.1 Å². The molecule has 31 heavy (non-hydrogen) atoms. The number of aromatic nitrogens is 4. The van der Waals surface area contributed by atoms with Crippen molar-refractivity contribution in [2.75, 3.05) is 10.0 Å². The molecule has 0 bridgehead atoms. The number of anilines is 2. The van der Waals surface area contributed by atoms with Crippen molar-refractivity contribution >= 4 is 38.9 Å². The maximum atomic E-state index is 12.4. The van der Waals surface area contributed by atoms with Crippen molar-refractivity contribution in [2.24, 2.45) is 0 Å². The first-order valence-corrected chi connectivity index (χ1v) is 11.4. The normalized spacial score (nSPS) is 11.2. The number of amides is 1. The third kappa shape index (κ3) is 5.29. The van der Waals surface area contributed by atoms with Crippen LogP contribution in [-0.2, 0) is 21.2 Å². The lowest BCUT2D eigenvalue weighted by Gasteiger charge is -2.08. The van der Waals surface area contributed by atoms with Crippen LogP contribution in [0.2, 0.25) is 0 Å². The molecular weight excluding hydrogens is 440 g/mol. The standard InChI is InChI=1S/C19H16N6O4S2/c26-16(8-9-17-23-18(24-29-17)15-3-1-12-30-15)22-13-4-6-14(7-5-13)31(27,28)25-19-20-10-2-11-21-19/h1-7,10-12H,8-9H2,(H,22,26)(H,20,21,25). The molecule has 0 spiro atoms. The molecule has 0 saturated carbocycles. The first-order chi connectivity index (χ1) is 15.0. The summed E-state index contributed by atoms with van der Waals surface area (Å²) < 4.78 is 32.2. The Morgan fingerprint density at radius 1 is 1.06 bits per heavy atom. The molecule has 2 N–H and O–H groups in total. The van der Waals surface area contributed by atoms with Crippen LogP contribution in [0.3, 0.4) is 0 Å². The Bertz CT molecular complexity index is 1260. The predicted octanol–water partition coefficient (Wildman–Crippen LogP) is 2.96. The fourth-order valence-electron chi connectivity index (χ4n) is 2.55. The summed E-state index contributed by atoms with van der Waals surface area (Å²) in [6.45, 7) is 0. The molecule has 4 aromatic rings. The minimum atomic E-state index is -3.84. The topological polar surface area (TPSA) is 140 Å². The van der Waals surface area contributed by atoms with Crippen LogP contribution < -0.4 is 10.0 Å². The van der Waals surface area contributed by atoms with Gasteiger partial charge in [0.15, 0.2) is 0 Å². The number of hydrogen-bond donors (Lipinski definition) is 2. The van der Waals surface area contributed by atoms with Crippen molar-refractivity contribution in [3.8, 4) is 10.7 Å². The maximum Gasteiger partial charge on any atom is 0.264 e. The summed E-state index contributed by atoms with van der Waals surface area (Å²) in [5, 5.41) is 8.53. The Morgan fingerprint density at radius 2 is 1.84 bits per heavy atom. The summed E-state index contributed by atoms with van der Waals surface area (Å²) >= 11 is 1.50. The Hall–Kier alpha value is -3.64. The molecule has 0 unspecified atom stereocenters. The van der Waals surface area contributed by atoms with E-state index in [-0.39, 0.29) is 29.6 Å². The number of carbonyl (C=O) groups excluding carboxylic acids is 1. The lowest BCUT2D eigenvalue weighted by Crippen LogP contribution is -2.15. The van der Waals surface area contributed by atoms with Crippen molar-refractivity contribution < 1.29 is 17.7 Å². The SMILES string of the molecule is O=C(CCc1nc(-c2cccs2)no1)Nc1ccc(S(=O)(=O)Nc2ncccn2)cc1. The van der Waals surface area contributed by atoms with Gasteiger partial charge in [-0.1, -0.05) is 11.2 Å². The van der Waals surface area contributed by atoms with Gasteiger partial charge >= 0.3 is 0 Å². The largest absolute Gasteiger partial charge is 0.339 e. The number of aryl methyl sites for hydroxylation is 1. The van der Waals surface area contributed by atoms with E-state index in [0.29, 0.717) is 17.4 Å². The number of nitrogens with zero attached hydrogens (tertiary/aromatic N) is 4. The van der Waals surface area contributed by atoms with Gasteiger partial charge in [-0.2, -0.15) is 4.98 Å².